The normalized spacial score (nSPS) is 22.2. The SMILES string of the molecule is O=C1NCCCC1N1CCC(c2nnc3ccc(-n4cccn4)nn23)CC1. The Balaban J connectivity index is 1.35. The first-order valence-corrected chi connectivity index (χ1v) is 9.54. The minimum atomic E-state index is 0.0272. The molecule has 2 aliphatic heterocycles. The van der Waals surface area contributed by atoms with E-state index < -0.39 is 0 Å². The molecule has 1 atom stereocenters. The Morgan fingerprint density at radius 1 is 1.11 bits per heavy atom. The van der Waals surface area contributed by atoms with Crippen LogP contribution in [-0.2, 0) is 4.79 Å². The van der Waals surface area contributed by atoms with Gasteiger partial charge in [-0.2, -0.15) is 9.61 Å². The van der Waals surface area contributed by atoms with Crippen LogP contribution in [0, 0.1) is 0 Å². The summed E-state index contributed by atoms with van der Waals surface area (Å²) in [6.07, 6.45) is 7.53. The summed E-state index contributed by atoms with van der Waals surface area (Å²) in [5.41, 5.74) is 0.745. The van der Waals surface area contributed by atoms with Gasteiger partial charge >= 0.3 is 0 Å². The van der Waals surface area contributed by atoms with E-state index in [-0.39, 0.29) is 11.9 Å². The summed E-state index contributed by atoms with van der Waals surface area (Å²) in [5.74, 6) is 2.11. The fraction of sp³-hybridized carbons (Fsp3) is 0.500. The van der Waals surface area contributed by atoms with Crippen molar-refractivity contribution in [1.29, 1.82) is 0 Å². The van der Waals surface area contributed by atoms with Crippen LogP contribution in [0.5, 0.6) is 0 Å². The molecule has 0 aromatic carbocycles. The molecule has 9 nitrogen and oxygen atoms in total. The number of rotatable bonds is 3. The van der Waals surface area contributed by atoms with E-state index in [1.807, 2.05) is 28.9 Å². The zero-order chi connectivity index (χ0) is 18.2. The van der Waals surface area contributed by atoms with Crippen LogP contribution in [-0.4, -0.2) is 66.1 Å². The summed E-state index contributed by atoms with van der Waals surface area (Å²) in [6.45, 7) is 2.61. The topological polar surface area (TPSA) is 93.2 Å². The third-order valence-corrected chi connectivity index (χ3v) is 5.60. The molecule has 3 aromatic heterocycles. The van der Waals surface area contributed by atoms with Crippen LogP contribution in [0.3, 0.4) is 0 Å². The maximum absolute atomic E-state index is 12.1. The summed E-state index contributed by atoms with van der Waals surface area (Å²) in [4.78, 5) is 14.4. The summed E-state index contributed by atoms with van der Waals surface area (Å²) in [5, 5.41) is 20.6. The Kier molecular flexibility index (Phi) is 4.08. The molecule has 1 unspecified atom stereocenters. The first-order chi connectivity index (χ1) is 13.3. The van der Waals surface area contributed by atoms with Crippen molar-refractivity contribution in [3.8, 4) is 5.82 Å². The van der Waals surface area contributed by atoms with Gasteiger partial charge in [-0.05, 0) is 57.0 Å². The fourth-order valence-electron chi connectivity index (χ4n) is 4.15. The molecule has 0 radical (unpaired) electrons. The highest BCUT2D eigenvalue weighted by molar-refractivity contribution is 5.82. The van der Waals surface area contributed by atoms with Crippen LogP contribution in [0.15, 0.2) is 30.6 Å². The summed E-state index contributed by atoms with van der Waals surface area (Å²) < 4.78 is 3.57. The molecular weight excluding hydrogens is 344 g/mol. The van der Waals surface area contributed by atoms with Gasteiger partial charge in [0.25, 0.3) is 0 Å². The molecule has 140 valence electrons. The molecule has 0 bridgehead atoms. The average Bonchev–Trinajstić information content (AvgIpc) is 3.38. The van der Waals surface area contributed by atoms with E-state index in [0.29, 0.717) is 5.92 Å². The van der Waals surface area contributed by atoms with E-state index in [1.54, 1.807) is 10.9 Å². The number of piperidine rings is 2. The maximum atomic E-state index is 12.1. The maximum Gasteiger partial charge on any atom is 0.237 e. The number of aromatic nitrogens is 6. The number of hydrogen-bond donors (Lipinski definition) is 1. The van der Waals surface area contributed by atoms with E-state index in [0.717, 1.165) is 62.6 Å². The van der Waals surface area contributed by atoms with E-state index in [9.17, 15) is 4.79 Å². The van der Waals surface area contributed by atoms with Gasteiger partial charge in [-0.15, -0.1) is 15.3 Å². The number of carbonyl (C=O) groups is 1. The molecule has 5 rings (SSSR count). The van der Waals surface area contributed by atoms with Crippen LogP contribution < -0.4 is 5.32 Å². The van der Waals surface area contributed by atoms with Gasteiger partial charge < -0.3 is 5.32 Å². The Hall–Kier alpha value is -2.81. The van der Waals surface area contributed by atoms with Crippen molar-refractivity contribution in [2.24, 2.45) is 0 Å². The molecule has 3 aromatic rings. The molecule has 5 heterocycles. The van der Waals surface area contributed by atoms with E-state index in [4.69, 9.17) is 0 Å². The Morgan fingerprint density at radius 2 is 2.00 bits per heavy atom. The second-order valence-electron chi connectivity index (χ2n) is 7.23. The van der Waals surface area contributed by atoms with Gasteiger partial charge in [0.15, 0.2) is 17.3 Å². The molecule has 0 aliphatic carbocycles. The largest absolute Gasteiger partial charge is 0.355 e. The van der Waals surface area contributed by atoms with Crippen molar-refractivity contribution in [3.05, 3.63) is 36.4 Å². The van der Waals surface area contributed by atoms with Crippen molar-refractivity contribution in [3.63, 3.8) is 0 Å². The van der Waals surface area contributed by atoms with Gasteiger partial charge in [0.2, 0.25) is 5.91 Å². The molecule has 0 saturated carbocycles. The zero-order valence-corrected chi connectivity index (χ0v) is 15.0. The lowest BCUT2D eigenvalue weighted by Gasteiger charge is -2.37. The summed E-state index contributed by atoms with van der Waals surface area (Å²) >= 11 is 0. The van der Waals surface area contributed by atoms with Gasteiger partial charge in [-0.1, -0.05) is 0 Å². The van der Waals surface area contributed by atoms with Crippen molar-refractivity contribution >= 4 is 11.6 Å². The predicted molar refractivity (Wildman–Crippen MR) is 97.5 cm³/mol. The molecule has 27 heavy (non-hydrogen) atoms. The molecule has 2 fully saturated rings. The highest BCUT2D eigenvalue weighted by atomic mass is 16.2. The fourth-order valence-corrected chi connectivity index (χ4v) is 4.15. The molecule has 9 heteroatoms. The highest BCUT2D eigenvalue weighted by Crippen LogP contribution is 2.29. The average molecular weight is 366 g/mol. The second-order valence-corrected chi connectivity index (χ2v) is 7.23. The third kappa shape index (κ3) is 2.97. The number of nitrogens with zero attached hydrogens (tertiary/aromatic N) is 7. The standard InChI is InChI=1S/C18H22N8O/c27-18-14(3-1-8-19-18)24-11-6-13(7-12-24)17-22-21-15-4-5-16(23-26(15)17)25-10-2-9-20-25/h2,4-5,9-10,13-14H,1,3,6-8,11-12H2,(H,19,27). The van der Waals surface area contributed by atoms with Crippen LogP contribution in [0.25, 0.3) is 11.5 Å². The van der Waals surface area contributed by atoms with Crippen molar-refractivity contribution in [2.75, 3.05) is 19.6 Å². The van der Waals surface area contributed by atoms with Crippen LogP contribution in [0.2, 0.25) is 0 Å². The van der Waals surface area contributed by atoms with Crippen molar-refractivity contribution in [2.45, 2.75) is 37.6 Å². The molecule has 1 N–H and O–H groups in total. The monoisotopic (exact) mass is 366 g/mol. The van der Waals surface area contributed by atoms with Crippen LogP contribution in [0.1, 0.15) is 37.4 Å². The summed E-state index contributed by atoms with van der Waals surface area (Å²) in [6, 6.07) is 5.71. The quantitative estimate of drug-likeness (QED) is 0.736. The molecular formula is C18H22N8O. The van der Waals surface area contributed by atoms with E-state index >= 15 is 0 Å². The number of likely N-dealkylation sites (tertiary alicyclic amines) is 1. The first-order valence-electron chi connectivity index (χ1n) is 9.54. The van der Waals surface area contributed by atoms with Crippen LogP contribution >= 0.6 is 0 Å². The van der Waals surface area contributed by atoms with Gasteiger partial charge in [0.05, 0.1) is 6.04 Å². The first kappa shape index (κ1) is 16.4. The summed E-state index contributed by atoms with van der Waals surface area (Å²) in [7, 11) is 0. The molecule has 2 aliphatic rings. The molecule has 1 amide bonds. The lowest BCUT2D eigenvalue weighted by Crippen LogP contribution is -2.52. The molecule has 2 saturated heterocycles. The smallest absolute Gasteiger partial charge is 0.237 e. The van der Waals surface area contributed by atoms with Gasteiger partial charge in [-0.3, -0.25) is 9.69 Å². The van der Waals surface area contributed by atoms with E-state index in [2.05, 4.69) is 30.6 Å². The highest BCUT2D eigenvalue weighted by Gasteiger charge is 2.33. The van der Waals surface area contributed by atoms with Crippen molar-refractivity contribution in [1.82, 2.24) is 39.8 Å². The predicted octanol–water partition coefficient (Wildman–Crippen LogP) is 0.768. The molecule has 0 spiro atoms. The minimum Gasteiger partial charge on any atom is -0.355 e. The lowest BCUT2D eigenvalue weighted by atomic mass is 9.93. The van der Waals surface area contributed by atoms with E-state index in [1.165, 1.54) is 0 Å². The minimum absolute atomic E-state index is 0.0272. The number of carbonyl (C=O) groups excluding carboxylic acids is 1. The lowest BCUT2D eigenvalue weighted by molar-refractivity contribution is -0.128. The van der Waals surface area contributed by atoms with Crippen LogP contribution in [0.4, 0.5) is 0 Å². The zero-order valence-electron chi connectivity index (χ0n) is 15.0. The Labute approximate surface area is 156 Å². The van der Waals surface area contributed by atoms with Gasteiger partial charge in [-0.25, -0.2) is 4.68 Å². The number of nitrogens with one attached hydrogen (secondary N) is 1. The number of amides is 1. The Bertz CT molecular complexity index is 942. The van der Waals surface area contributed by atoms with Crippen molar-refractivity contribution < 1.29 is 4.79 Å². The number of hydrogen-bond acceptors (Lipinski definition) is 6. The van der Waals surface area contributed by atoms with Gasteiger partial charge in [0, 0.05) is 24.9 Å². The second kappa shape index (κ2) is 6.73. The number of fused-ring (bicyclic) bond motifs is 1. The van der Waals surface area contributed by atoms with Gasteiger partial charge in [0.1, 0.15) is 0 Å². The Morgan fingerprint density at radius 3 is 2.78 bits per heavy atom. The third-order valence-electron chi connectivity index (χ3n) is 5.60.